The van der Waals surface area contributed by atoms with Gasteiger partial charge in [-0.3, -0.25) is 4.79 Å². The standard InChI is InChI=1S/C23H25F3N4O2S/c1-3-29(4-2)19-12-10-18(11-13-19)21-27-28-22(32-21)33-15-20(31)30(16-23(24,25)26)14-17-8-6-5-7-9-17/h5-13H,3-4,14-16H2,1-2H3. The van der Waals surface area contributed by atoms with Crippen molar-refractivity contribution >= 4 is 23.4 Å². The number of alkyl halides is 3. The van der Waals surface area contributed by atoms with E-state index in [2.05, 4.69) is 28.9 Å². The smallest absolute Gasteiger partial charge is 0.406 e. The third kappa shape index (κ3) is 7.24. The van der Waals surface area contributed by atoms with Gasteiger partial charge < -0.3 is 14.2 Å². The Kier molecular flexibility index (Phi) is 8.37. The number of benzene rings is 2. The minimum absolute atomic E-state index is 0.123. The Labute approximate surface area is 194 Å². The highest BCUT2D eigenvalue weighted by Gasteiger charge is 2.33. The lowest BCUT2D eigenvalue weighted by Crippen LogP contribution is -2.39. The molecule has 0 saturated heterocycles. The quantitative estimate of drug-likeness (QED) is 0.370. The molecule has 0 spiro atoms. The first-order valence-electron chi connectivity index (χ1n) is 10.5. The van der Waals surface area contributed by atoms with E-state index in [0.29, 0.717) is 5.56 Å². The van der Waals surface area contributed by atoms with E-state index in [-0.39, 0.29) is 23.4 Å². The molecule has 0 aliphatic carbocycles. The molecule has 3 rings (SSSR count). The van der Waals surface area contributed by atoms with Crippen molar-refractivity contribution in [2.75, 3.05) is 30.3 Å². The molecule has 6 nitrogen and oxygen atoms in total. The third-order valence-corrected chi connectivity index (χ3v) is 5.71. The highest BCUT2D eigenvalue weighted by Crippen LogP contribution is 2.26. The zero-order valence-corrected chi connectivity index (χ0v) is 19.2. The molecule has 176 valence electrons. The molecule has 0 unspecified atom stereocenters. The Morgan fingerprint density at radius 3 is 2.27 bits per heavy atom. The molecule has 1 amide bonds. The molecule has 0 aliphatic rings. The molecule has 0 saturated carbocycles. The summed E-state index contributed by atoms with van der Waals surface area (Å²) in [6, 6.07) is 16.2. The second-order valence-corrected chi connectivity index (χ2v) is 8.16. The first-order valence-corrected chi connectivity index (χ1v) is 11.5. The van der Waals surface area contributed by atoms with E-state index < -0.39 is 18.6 Å². The van der Waals surface area contributed by atoms with E-state index in [4.69, 9.17) is 4.42 Å². The van der Waals surface area contributed by atoms with Crippen molar-refractivity contribution in [1.82, 2.24) is 15.1 Å². The van der Waals surface area contributed by atoms with Gasteiger partial charge in [0.1, 0.15) is 6.54 Å². The molecule has 0 bridgehead atoms. The Morgan fingerprint density at radius 2 is 1.67 bits per heavy atom. The fraction of sp³-hybridized carbons (Fsp3) is 0.348. The van der Waals surface area contributed by atoms with Crippen molar-refractivity contribution in [3.63, 3.8) is 0 Å². The Morgan fingerprint density at radius 1 is 1.00 bits per heavy atom. The molecule has 33 heavy (non-hydrogen) atoms. The number of amides is 1. The lowest BCUT2D eigenvalue weighted by molar-refractivity contribution is -0.160. The van der Waals surface area contributed by atoms with Gasteiger partial charge in [0.05, 0.1) is 5.75 Å². The normalized spacial score (nSPS) is 11.4. The highest BCUT2D eigenvalue weighted by atomic mass is 32.2. The van der Waals surface area contributed by atoms with Gasteiger partial charge in [0.15, 0.2) is 0 Å². The number of nitrogens with zero attached hydrogens (tertiary/aromatic N) is 4. The summed E-state index contributed by atoms with van der Waals surface area (Å²) in [4.78, 5) is 15.5. The lowest BCUT2D eigenvalue weighted by atomic mass is 10.2. The van der Waals surface area contributed by atoms with Crippen LogP contribution in [0, 0.1) is 0 Å². The van der Waals surface area contributed by atoms with Crippen LogP contribution in [0.3, 0.4) is 0 Å². The predicted octanol–water partition coefficient (Wildman–Crippen LogP) is 5.27. The number of rotatable bonds is 10. The monoisotopic (exact) mass is 478 g/mol. The molecule has 0 fully saturated rings. The van der Waals surface area contributed by atoms with Crippen LogP contribution in [0.15, 0.2) is 64.2 Å². The Balaban J connectivity index is 1.63. The maximum Gasteiger partial charge on any atom is 0.406 e. The van der Waals surface area contributed by atoms with Crippen LogP contribution in [0.5, 0.6) is 0 Å². The number of halogens is 3. The minimum atomic E-state index is -4.50. The van der Waals surface area contributed by atoms with Gasteiger partial charge in [0.25, 0.3) is 5.22 Å². The lowest BCUT2D eigenvalue weighted by Gasteiger charge is -2.23. The summed E-state index contributed by atoms with van der Waals surface area (Å²) in [5.74, 6) is -0.622. The average Bonchev–Trinajstić information content (AvgIpc) is 3.27. The van der Waals surface area contributed by atoms with E-state index in [1.807, 2.05) is 24.3 Å². The van der Waals surface area contributed by atoms with Crippen LogP contribution in [-0.2, 0) is 11.3 Å². The number of anilines is 1. The van der Waals surface area contributed by atoms with E-state index in [1.54, 1.807) is 30.3 Å². The number of hydrogen-bond acceptors (Lipinski definition) is 6. The van der Waals surface area contributed by atoms with Crippen molar-refractivity contribution in [2.24, 2.45) is 0 Å². The molecular weight excluding hydrogens is 453 g/mol. The van der Waals surface area contributed by atoms with E-state index in [9.17, 15) is 18.0 Å². The summed E-state index contributed by atoms with van der Waals surface area (Å²) in [7, 11) is 0. The maximum atomic E-state index is 13.0. The van der Waals surface area contributed by atoms with Gasteiger partial charge >= 0.3 is 6.18 Å². The number of hydrogen-bond donors (Lipinski definition) is 0. The average molecular weight is 479 g/mol. The molecule has 3 aromatic rings. The van der Waals surface area contributed by atoms with Crippen LogP contribution < -0.4 is 4.90 Å². The molecule has 0 atom stereocenters. The van der Waals surface area contributed by atoms with E-state index >= 15 is 0 Å². The fourth-order valence-electron chi connectivity index (χ4n) is 3.26. The van der Waals surface area contributed by atoms with Gasteiger partial charge in [-0.05, 0) is 43.7 Å². The van der Waals surface area contributed by atoms with Crippen LogP contribution in [0.25, 0.3) is 11.5 Å². The second kappa shape index (κ2) is 11.2. The first-order chi connectivity index (χ1) is 15.8. The number of thioether (sulfide) groups is 1. The van der Waals surface area contributed by atoms with Crippen molar-refractivity contribution in [2.45, 2.75) is 31.8 Å². The summed E-state index contributed by atoms with van der Waals surface area (Å²) >= 11 is 0.917. The van der Waals surface area contributed by atoms with Gasteiger partial charge in [-0.25, -0.2) is 0 Å². The summed E-state index contributed by atoms with van der Waals surface area (Å²) in [6.07, 6.45) is -4.50. The topological polar surface area (TPSA) is 62.5 Å². The maximum absolute atomic E-state index is 13.0. The molecule has 0 aliphatic heterocycles. The van der Waals surface area contributed by atoms with Crippen LogP contribution in [0.4, 0.5) is 18.9 Å². The first kappa shape index (κ1) is 24.6. The fourth-order valence-corrected chi connectivity index (χ4v) is 3.92. The number of aromatic nitrogens is 2. The van der Waals surface area contributed by atoms with Crippen LogP contribution in [-0.4, -0.2) is 52.6 Å². The van der Waals surface area contributed by atoms with Gasteiger partial charge in [-0.2, -0.15) is 13.2 Å². The number of carbonyl (C=O) groups is 1. The minimum Gasteiger partial charge on any atom is -0.411 e. The largest absolute Gasteiger partial charge is 0.411 e. The SMILES string of the molecule is CCN(CC)c1ccc(-c2nnc(SCC(=O)N(Cc3ccccc3)CC(F)(F)F)o2)cc1. The zero-order chi connectivity index (χ0) is 23.8. The van der Waals surface area contributed by atoms with Crippen LogP contribution >= 0.6 is 11.8 Å². The second-order valence-electron chi connectivity index (χ2n) is 7.23. The van der Waals surface area contributed by atoms with Gasteiger partial charge in [-0.15, -0.1) is 10.2 Å². The molecule has 0 N–H and O–H groups in total. The molecule has 10 heteroatoms. The summed E-state index contributed by atoms with van der Waals surface area (Å²) in [5, 5.41) is 8.03. The van der Waals surface area contributed by atoms with Crippen molar-refractivity contribution in [3.05, 3.63) is 60.2 Å². The van der Waals surface area contributed by atoms with Gasteiger partial charge in [-0.1, -0.05) is 42.1 Å². The van der Waals surface area contributed by atoms with E-state index in [1.165, 1.54) is 0 Å². The molecule has 2 aromatic carbocycles. The van der Waals surface area contributed by atoms with Crippen molar-refractivity contribution in [1.29, 1.82) is 0 Å². The Hall–Kier alpha value is -3.01. The van der Waals surface area contributed by atoms with Crippen LogP contribution in [0.2, 0.25) is 0 Å². The molecule has 1 aromatic heterocycles. The van der Waals surface area contributed by atoms with Crippen molar-refractivity contribution < 1.29 is 22.4 Å². The van der Waals surface area contributed by atoms with Crippen LogP contribution in [0.1, 0.15) is 19.4 Å². The highest BCUT2D eigenvalue weighted by molar-refractivity contribution is 7.99. The summed E-state index contributed by atoms with van der Waals surface area (Å²) < 4.78 is 44.6. The number of carbonyl (C=O) groups excluding carboxylic acids is 1. The molecule has 0 radical (unpaired) electrons. The zero-order valence-electron chi connectivity index (χ0n) is 18.4. The van der Waals surface area contributed by atoms with Gasteiger partial charge in [0, 0.05) is 30.9 Å². The summed E-state index contributed by atoms with van der Waals surface area (Å²) in [6.45, 7) is 4.48. The predicted molar refractivity (Wildman–Crippen MR) is 122 cm³/mol. The summed E-state index contributed by atoms with van der Waals surface area (Å²) in [5.41, 5.74) is 2.42. The molecular formula is C23H25F3N4O2S. The molecule has 1 heterocycles. The third-order valence-electron chi connectivity index (χ3n) is 4.91. The van der Waals surface area contributed by atoms with E-state index in [0.717, 1.165) is 41.0 Å². The Bertz CT molecular complexity index is 1020. The van der Waals surface area contributed by atoms with Gasteiger partial charge in [0.2, 0.25) is 11.8 Å². The van der Waals surface area contributed by atoms with Crippen molar-refractivity contribution in [3.8, 4) is 11.5 Å².